The van der Waals surface area contributed by atoms with E-state index in [-0.39, 0.29) is 5.03 Å². The Labute approximate surface area is 116 Å². The Balaban J connectivity index is 2.08. The van der Waals surface area contributed by atoms with Crippen LogP contribution in [0.3, 0.4) is 0 Å². The summed E-state index contributed by atoms with van der Waals surface area (Å²) in [5, 5.41) is 4.84. The number of pyridine rings is 1. The van der Waals surface area contributed by atoms with Gasteiger partial charge in [0.15, 0.2) is 5.03 Å². The van der Waals surface area contributed by atoms with Gasteiger partial charge in [0.2, 0.25) is 0 Å². The van der Waals surface area contributed by atoms with E-state index in [0.717, 1.165) is 5.39 Å². The second kappa shape index (κ2) is 4.61. The fourth-order valence-corrected chi connectivity index (χ4v) is 3.20. The molecule has 20 heavy (non-hydrogen) atoms. The van der Waals surface area contributed by atoms with Gasteiger partial charge in [0.05, 0.1) is 17.4 Å². The number of sulfonamides is 1. The molecule has 0 fully saturated rings. The van der Waals surface area contributed by atoms with Crippen LogP contribution in [0.1, 0.15) is 0 Å². The standard InChI is InChI=1S/C13H12N4O2S/c1-17-12(7-9-15-17)20(18,19)16-11-6-2-4-10-5-3-8-14-13(10)11/h2-9,16H,1H3. The number of rotatable bonds is 3. The molecule has 1 N–H and O–H groups in total. The molecule has 3 rings (SSSR count). The van der Waals surface area contributed by atoms with Crippen molar-refractivity contribution in [2.75, 3.05) is 4.72 Å². The summed E-state index contributed by atoms with van der Waals surface area (Å²) in [6.07, 6.45) is 3.07. The van der Waals surface area contributed by atoms with Crippen LogP contribution in [0.15, 0.2) is 53.8 Å². The van der Waals surface area contributed by atoms with Crippen LogP contribution in [0.2, 0.25) is 0 Å². The molecular formula is C13H12N4O2S. The maximum atomic E-state index is 12.3. The molecular weight excluding hydrogens is 276 g/mol. The Morgan fingerprint density at radius 1 is 1.10 bits per heavy atom. The molecule has 0 saturated carbocycles. The van der Waals surface area contributed by atoms with E-state index in [0.29, 0.717) is 11.2 Å². The number of benzene rings is 1. The first-order valence-corrected chi connectivity index (χ1v) is 7.41. The molecule has 0 spiro atoms. The van der Waals surface area contributed by atoms with Crippen LogP contribution in [-0.2, 0) is 17.1 Å². The van der Waals surface area contributed by atoms with Crippen LogP contribution < -0.4 is 4.72 Å². The van der Waals surface area contributed by atoms with Crippen LogP contribution >= 0.6 is 0 Å². The van der Waals surface area contributed by atoms with E-state index in [1.54, 1.807) is 25.4 Å². The normalized spacial score (nSPS) is 11.7. The van der Waals surface area contributed by atoms with Crippen molar-refractivity contribution in [3.8, 4) is 0 Å². The van der Waals surface area contributed by atoms with E-state index in [1.165, 1.54) is 16.9 Å². The number of nitrogens with one attached hydrogen (secondary N) is 1. The highest BCUT2D eigenvalue weighted by Gasteiger charge is 2.19. The minimum atomic E-state index is -3.68. The van der Waals surface area contributed by atoms with Crippen molar-refractivity contribution >= 4 is 26.6 Å². The van der Waals surface area contributed by atoms with Gasteiger partial charge >= 0.3 is 0 Å². The van der Waals surface area contributed by atoms with E-state index >= 15 is 0 Å². The second-order valence-electron chi connectivity index (χ2n) is 4.28. The summed E-state index contributed by atoms with van der Waals surface area (Å²) in [6, 6.07) is 10.5. The molecule has 7 heteroatoms. The van der Waals surface area contributed by atoms with Crippen molar-refractivity contribution < 1.29 is 8.42 Å². The van der Waals surface area contributed by atoms with Gasteiger partial charge in [0.25, 0.3) is 10.0 Å². The van der Waals surface area contributed by atoms with E-state index in [4.69, 9.17) is 0 Å². The minimum absolute atomic E-state index is 0.102. The fraction of sp³-hybridized carbons (Fsp3) is 0.0769. The van der Waals surface area contributed by atoms with Crippen molar-refractivity contribution in [1.29, 1.82) is 0 Å². The topological polar surface area (TPSA) is 76.9 Å². The number of anilines is 1. The Morgan fingerprint density at radius 3 is 2.65 bits per heavy atom. The minimum Gasteiger partial charge on any atom is -0.276 e. The van der Waals surface area contributed by atoms with Crippen LogP contribution in [0, 0.1) is 0 Å². The molecule has 6 nitrogen and oxygen atoms in total. The summed E-state index contributed by atoms with van der Waals surface area (Å²) in [5.41, 5.74) is 1.06. The molecule has 0 aliphatic rings. The molecule has 1 aromatic carbocycles. The maximum absolute atomic E-state index is 12.3. The highest BCUT2D eigenvalue weighted by atomic mass is 32.2. The van der Waals surface area contributed by atoms with Gasteiger partial charge in [-0.15, -0.1) is 0 Å². The average molecular weight is 288 g/mol. The molecule has 0 atom stereocenters. The molecule has 2 heterocycles. The lowest BCUT2D eigenvalue weighted by atomic mass is 10.2. The van der Waals surface area contributed by atoms with Crippen LogP contribution in [0.5, 0.6) is 0 Å². The van der Waals surface area contributed by atoms with Crippen molar-refractivity contribution in [3.63, 3.8) is 0 Å². The number of hydrogen-bond acceptors (Lipinski definition) is 4. The summed E-state index contributed by atoms with van der Waals surface area (Å²) in [6.45, 7) is 0. The predicted molar refractivity (Wildman–Crippen MR) is 75.8 cm³/mol. The monoisotopic (exact) mass is 288 g/mol. The number of para-hydroxylation sites is 1. The zero-order chi connectivity index (χ0) is 14.2. The quantitative estimate of drug-likeness (QED) is 0.797. The summed E-state index contributed by atoms with van der Waals surface area (Å²) in [4.78, 5) is 4.22. The zero-order valence-corrected chi connectivity index (χ0v) is 11.5. The maximum Gasteiger partial charge on any atom is 0.279 e. The first-order valence-electron chi connectivity index (χ1n) is 5.92. The third-order valence-corrected chi connectivity index (χ3v) is 4.37. The number of aromatic nitrogens is 3. The van der Waals surface area contributed by atoms with E-state index in [9.17, 15) is 8.42 Å². The van der Waals surface area contributed by atoms with Crippen LogP contribution in [0.4, 0.5) is 5.69 Å². The first kappa shape index (κ1) is 12.6. The van der Waals surface area contributed by atoms with Gasteiger partial charge in [-0.05, 0) is 18.2 Å². The third-order valence-electron chi connectivity index (χ3n) is 2.93. The molecule has 0 amide bonds. The SMILES string of the molecule is Cn1nccc1S(=O)(=O)Nc1cccc2cccnc12. The molecule has 0 bridgehead atoms. The predicted octanol–water partition coefficient (Wildman–Crippen LogP) is 1.77. The second-order valence-corrected chi connectivity index (χ2v) is 5.91. The summed E-state index contributed by atoms with van der Waals surface area (Å²) >= 11 is 0. The fourth-order valence-electron chi connectivity index (χ4n) is 2.01. The van der Waals surface area contributed by atoms with E-state index in [1.807, 2.05) is 18.2 Å². The van der Waals surface area contributed by atoms with Gasteiger partial charge in [-0.3, -0.25) is 14.4 Å². The van der Waals surface area contributed by atoms with Crippen molar-refractivity contribution in [2.45, 2.75) is 5.03 Å². The number of aryl methyl sites for hydroxylation is 1. The van der Waals surface area contributed by atoms with E-state index in [2.05, 4.69) is 14.8 Å². The lowest BCUT2D eigenvalue weighted by Gasteiger charge is -2.09. The highest BCUT2D eigenvalue weighted by Crippen LogP contribution is 2.23. The van der Waals surface area contributed by atoms with Gasteiger partial charge in [0, 0.05) is 18.6 Å². The number of nitrogens with zero attached hydrogens (tertiary/aromatic N) is 3. The summed E-state index contributed by atoms with van der Waals surface area (Å²) in [5.74, 6) is 0. The van der Waals surface area contributed by atoms with Gasteiger partial charge in [-0.1, -0.05) is 18.2 Å². The summed E-state index contributed by atoms with van der Waals surface area (Å²) in [7, 11) is -2.10. The molecule has 3 aromatic rings. The van der Waals surface area contributed by atoms with Gasteiger partial charge in [-0.2, -0.15) is 13.5 Å². The number of hydrogen-bond donors (Lipinski definition) is 1. The molecule has 102 valence electrons. The lowest BCUT2D eigenvalue weighted by Crippen LogP contribution is -2.17. The molecule has 0 aliphatic heterocycles. The van der Waals surface area contributed by atoms with Crippen molar-refractivity contribution in [3.05, 3.63) is 48.8 Å². The van der Waals surface area contributed by atoms with Gasteiger partial charge in [-0.25, -0.2) is 0 Å². The molecule has 0 unspecified atom stereocenters. The highest BCUT2D eigenvalue weighted by molar-refractivity contribution is 7.92. The summed E-state index contributed by atoms with van der Waals surface area (Å²) < 4.78 is 28.5. The third kappa shape index (κ3) is 2.12. The Kier molecular flexibility index (Phi) is 2.90. The molecule has 0 radical (unpaired) electrons. The number of fused-ring (bicyclic) bond motifs is 1. The zero-order valence-electron chi connectivity index (χ0n) is 10.7. The first-order chi connectivity index (χ1) is 9.58. The van der Waals surface area contributed by atoms with Crippen LogP contribution in [0.25, 0.3) is 10.9 Å². The molecule has 0 aliphatic carbocycles. The van der Waals surface area contributed by atoms with Gasteiger partial charge in [0.1, 0.15) is 0 Å². The molecule has 2 aromatic heterocycles. The Bertz CT molecular complexity index is 865. The molecule has 0 saturated heterocycles. The van der Waals surface area contributed by atoms with Crippen molar-refractivity contribution in [2.24, 2.45) is 7.05 Å². The van der Waals surface area contributed by atoms with Crippen molar-refractivity contribution in [1.82, 2.24) is 14.8 Å². The van der Waals surface area contributed by atoms with E-state index < -0.39 is 10.0 Å². The average Bonchev–Trinajstić information content (AvgIpc) is 2.86. The Morgan fingerprint density at radius 2 is 1.90 bits per heavy atom. The van der Waals surface area contributed by atoms with Gasteiger partial charge < -0.3 is 0 Å². The smallest absolute Gasteiger partial charge is 0.276 e. The largest absolute Gasteiger partial charge is 0.279 e. The Hall–Kier alpha value is -2.41. The lowest BCUT2D eigenvalue weighted by molar-refractivity contribution is 0.582. The van der Waals surface area contributed by atoms with Crippen LogP contribution in [-0.4, -0.2) is 23.2 Å².